The molecule has 5 nitrogen and oxygen atoms in total. The first-order chi connectivity index (χ1) is 14.7. The highest BCUT2D eigenvalue weighted by Gasteiger charge is 2.36. The number of fused-ring (bicyclic) bond motifs is 3. The number of hydrogen-bond acceptors (Lipinski definition) is 3. The first-order valence-electron chi connectivity index (χ1n) is 9.96. The van der Waals surface area contributed by atoms with Gasteiger partial charge in [-0.15, -0.1) is 0 Å². The van der Waals surface area contributed by atoms with Crippen molar-refractivity contribution >= 4 is 21.6 Å². The van der Waals surface area contributed by atoms with Gasteiger partial charge in [-0.2, -0.15) is 0 Å². The van der Waals surface area contributed by atoms with Crippen molar-refractivity contribution in [1.29, 1.82) is 0 Å². The second-order valence-electron chi connectivity index (χ2n) is 7.80. The van der Waals surface area contributed by atoms with Gasteiger partial charge in [0.05, 0.1) is 16.6 Å². The zero-order valence-corrected chi connectivity index (χ0v) is 18.3. The third kappa shape index (κ3) is 3.81. The van der Waals surface area contributed by atoms with E-state index in [2.05, 4.69) is 5.32 Å². The first kappa shape index (κ1) is 21.1. The average Bonchev–Trinajstić information content (AvgIpc) is 2.73. The largest absolute Gasteiger partial charge is 0.348 e. The van der Waals surface area contributed by atoms with Gasteiger partial charge >= 0.3 is 0 Å². The van der Waals surface area contributed by atoms with Gasteiger partial charge in [0, 0.05) is 11.1 Å². The van der Waals surface area contributed by atoms with Gasteiger partial charge in [-0.3, -0.25) is 9.10 Å². The fraction of sp³-hybridized carbons (Fsp3) is 0.208. The summed E-state index contributed by atoms with van der Waals surface area (Å²) in [6.07, 6.45) is 0. The second kappa shape index (κ2) is 7.81. The molecule has 0 aromatic heterocycles. The Bertz CT molecular complexity index is 1290. The van der Waals surface area contributed by atoms with Gasteiger partial charge in [0.1, 0.15) is 12.4 Å². The van der Waals surface area contributed by atoms with E-state index < -0.39 is 28.3 Å². The van der Waals surface area contributed by atoms with Crippen LogP contribution >= 0.6 is 0 Å². The molecule has 3 aromatic rings. The summed E-state index contributed by atoms with van der Waals surface area (Å²) < 4.78 is 41.5. The van der Waals surface area contributed by atoms with E-state index in [9.17, 15) is 17.6 Å². The van der Waals surface area contributed by atoms with Gasteiger partial charge in [0.15, 0.2) is 0 Å². The first-order valence-corrected chi connectivity index (χ1v) is 11.4. The molecule has 1 aliphatic heterocycles. The number of anilines is 1. The lowest BCUT2D eigenvalue weighted by Gasteiger charge is -2.32. The highest BCUT2D eigenvalue weighted by Crippen LogP contribution is 2.43. The highest BCUT2D eigenvalue weighted by atomic mass is 32.2. The molecule has 0 saturated heterocycles. The molecule has 4 rings (SSSR count). The summed E-state index contributed by atoms with van der Waals surface area (Å²) in [5.74, 6) is -0.912. The fourth-order valence-corrected chi connectivity index (χ4v) is 5.46. The molecule has 1 aliphatic rings. The van der Waals surface area contributed by atoms with Crippen LogP contribution in [0.3, 0.4) is 0 Å². The molecular formula is C24H23FN2O3S. The molecular weight excluding hydrogens is 415 g/mol. The van der Waals surface area contributed by atoms with Crippen LogP contribution in [0.25, 0.3) is 11.1 Å². The summed E-state index contributed by atoms with van der Waals surface area (Å²) in [4.78, 5) is 12.9. The van der Waals surface area contributed by atoms with Crippen LogP contribution in [0, 0.1) is 19.7 Å². The lowest BCUT2D eigenvalue weighted by molar-refractivity contribution is -0.120. The normalized spacial score (nSPS) is 15.0. The summed E-state index contributed by atoms with van der Waals surface area (Å²) in [7, 11) is -3.97. The molecule has 1 amide bonds. The van der Waals surface area contributed by atoms with Crippen molar-refractivity contribution in [2.45, 2.75) is 31.7 Å². The SMILES string of the molecule is Cc1ccc(C(C)NC(=O)CN2c3ccc(F)cc3-c3ccccc3S2(=O)=O)cc1C. The molecule has 1 heterocycles. The lowest BCUT2D eigenvalue weighted by atomic mass is 10.0. The number of nitrogens with zero attached hydrogens (tertiary/aromatic N) is 1. The van der Waals surface area contributed by atoms with E-state index in [0.29, 0.717) is 11.1 Å². The van der Waals surface area contributed by atoms with Crippen molar-refractivity contribution in [3.05, 3.63) is 83.2 Å². The molecule has 0 aliphatic carbocycles. The lowest BCUT2D eigenvalue weighted by Crippen LogP contribution is -2.43. The number of benzene rings is 3. The molecule has 0 bridgehead atoms. The third-order valence-corrected chi connectivity index (χ3v) is 7.49. The zero-order chi connectivity index (χ0) is 22.3. The Morgan fingerprint density at radius 3 is 2.48 bits per heavy atom. The molecule has 1 N–H and O–H groups in total. The Labute approximate surface area is 181 Å². The Morgan fingerprint density at radius 1 is 1.00 bits per heavy atom. The van der Waals surface area contributed by atoms with Crippen LogP contribution in [0.5, 0.6) is 0 Å². The number of sulfonamides is 1. The number of carbonyl (C=O) groups excluding carboxylic acids is 1. The molecule has 1 atom stereocenters. The molecule has 31 heavy (non-hydrogen) atoms. The standard InChI is InChI=1S/C24H23FN2O3S/c1-15-8-9-18(12-16(15)2)17(3)26-24(28)14-27-22-11-10-19(25)13-21(22)20-6-4-5-7-23(20)31(27,29)30/h4-13,17H,14H2,1-3H3,(H,26,28). The van der Waals surface area contributed by atoms with Crippen LogP contribution in [0.15, 0.2) is 65.6 Å². The molecule has 0 saturated carbocycles. The molecule has 160 valence electrons. The minimum absolute atomic E-state index is 0.0584. The number of amides is 1. The second-order valence-corrected chi connectivity index (χ2v) is 9.63. The van der Waals surface area contributed by atoms with Crippen LogP contribution < -0.4 is 9.62 Å². The Balaban J connectivity index is 1.65. The van der Waals surface area contributed by atoms with Crippen LogP contribution in [-0.4, -0.2) is 20.9 Å². The van der Waals surface area contributed by atoms with Crippen LogP contribution in [-0.2, 0) is 14.8 Å². The maximum Gasteiger partial charge on any atom is 0.265 e. The highest BCUT2D eigenvalue weighted by molar-refractivity contribution is 7.93. The molecule has 0 spiro atoms. The van der Waals surface area contributed by atoms with Crippen LogP contribution in [0.2, 0.25) is 0 Å². The molecule has 1 unspecified atom stereocenters. The van der Waals surface area contributed by atoms with E-state index >= 15 is 0 Å². The quantitative estimate of drug-likeness (QED) is 0.652. The van der Waals surface area contributed by atoms with E-state index in [1.165, 1.54) is 24.3 Å². The van der Waals surface area contributed by atoms with Gasteiger partial charge in [0.2, 0.25) is 5.91 Å². The summed E-state index contributed by atoms with van der Waals surface area (Å²) in [6.45, 7) is 5.47. The Kier molecular flexibility index (Phi) is 5.31. The summed E-state index contributed by atoms with van der Waals surface area (Å²) >= 11 is 0. The smallest absolute Gasteiger partial charge is 0.265 e. The van der Waals surface area contributed by atoms with Gasteiger partial charge in [-0.1, -0.05) is 36.4 Å². The number of rotatable bonds is 4. The summed E-state index contributed by atoms with van der Waals surface area (Å²) in [5, 5.41) is 2.87. The van der Waals surface area contributed by atoms with E-state index in [0.717, 1.165) is 21.0 Å². The fourth-order valence-electron chi connectivity index (χ4n) is 3.81. The van der Waals surface area contributed by atoms with E-state index in [1.807, 2.05) is 39.0 Å². The molecule has 7 heteroatoms. The maximum atomic E-state index is 13.9. The van der Waals surface area contributed by atoms with Gasteiger partial charge in [-0.05, 0) is 61.7 Å². The summed E-state index contributed by atoms with van der Waals surface area (Å²) in [6, 6.07) is 16.0. The van der Waals surface area contributed by atoms with Crippen LogP contribution in [0.1, 0.15) is 29.7 Å². The minimum Gasteiger partial charge on any atom is -0.348 e. The predicted molar refractivity (Wildman–Crippen MR) is 119 cm³/mol. The third-order valence-electron chi connectivity index (χ3n) is 5.67. The van der Waals surface area contributed by atoms with Crippen molar-refractivity contribution in [2.75, 3.05) is 10.8 Å². The maximum absolute atomic E-state index is 13.9. The molecule has 3 aromatic carbocycles. The number of carbonyl (C=O) groups is 1. The molecule has 0 fully saturated rings. The zero-order valence-electron chi connectivity index (χ0n) is 17.5. The molecule has 0 radical (unpaired) electrons. The van der Waals surface area contributed by atoms with E-state index in [4.69, 9.17) is 0 Å². The number of hydrogen-bond donors (Lipinski definition) is 1. The monoisotopic (exact) mass is 438 g/mol. The Hall–Kier alpha value is -3.19. The van der Waals surface area contributed by atoms with Gasteiger partial charge in [0.25, 0.3) is 10.0 Å². The number of aryl methyl sites for hydroxylation is 2. The number of nitrogens with one attached hydrogen (secondary N) is 1. The van der Waals surface area contributed by atoms with Crippen molar-refractivity contribution in [1.82, 2.24) is 5.32 Å². The van der Waals surface area contributed by atoms with Crippen molar-refractivity contribution in [3.63, 3.8) is 0 Å². The minimum atomic E-state index is -3.97. The van der Waals surface area contributed by atoms with Gasteiger partial charge < -0.3 is 5.32 Å². The predicted octanol–water partition coefficient (Wildman–Crippen LogP) is 4.50. The van der Waals surface area contributed by atoms with Gasteiger partial charge in [-0.25, -0.2) is 12.8 Å². The van der Waals surface area contributed by atoms with Crippen molar-refractivity contribution < 1.29 is 17.6 Å². The topological polar surface area (TPSA) is 66.5 Å². The Morgan fingerprint density at radius 2 is 1.74 bits per heavy atom. The van der Waals surface area contributed by atoms with E-state index in [1.54, 1.807) is 18.2 Å². The van der Waals surface area contributed by atoms with Crippen molar-refractivity contribution in [3.8, 4) is 11.1 Å². The number of halogens is 1. The van der Waals surface area contributed by atoms with Crippen LogP contribution in [0.4, 0.5) is 10.1 Å². The van der Waals surface area contributed by atoms with Crippen molar-refractivity contribution in [2.24, 2.45) is 0 Å². The summed E-state index contributed by atoms with van der Waals surface area (Å²) in [5.41, 5.74) is 4.37. The average molecular weight is 439 g/mol. The van der Waals surface area contributed by atoms with E-state index in [-0.39, 0.29) is 16.6 Å².